The SMILES string of the molecule is CC1CC(CN)(N(C)C(C)C)CCO1. The number of likely N-dealkylation sites (N-methyl/N-ethyl adjacent to an activating group) is 1. The smallest absolute Gasteiger partial charge is 0.0565 e. The van der Waals surface area contributed by atoms with Crippen LogP contribution in [0.25, 0.3) is 0 Å². The van der Waals surface area contributed by atoms with Crippen LogP contribution in [0.3, 0.4) is 0 Å². The molecule has 1 aliphatic rings. The molecule has 2 N–H and O–H groups in total. The fraction of sp³-hybridized carbons (Fsp3) is 1.00. The van der Waals surface area contributed by atoms with E-state index in [9.17, 15) is 0 Å². The highest BCUT2D eigenvalue weighted by Crippen LogP contribution is 2.30. The molecule has 2 atom stereocenters. The molecule has 84 valence electrons. The van der Waals surface area contributed by atoms with Gasteiger partial charge in [-0.3, -0.25) is 4.90 Å². The molecule has 0 spiro atoms. The summed E-state index contributed by atoms with van der Waals surface area (Å²) in [4.78, 5) is 2.41. The van der Waals surface area contributed by atoms with Gasteiger partial charge in [0.05, 0.1) is 6.10 Å². The lowest BCUT2D eigenvalue weighted by Crippen LogP contribution is -2.58. The molecule has 1 saturated heterocycles. The van der Waals surface area contributed by atoms with Crippen molar-refractivity contribution in [2.75, 3.05) is 20.2 Å². The molecule has 2 unspecified atom stereocenters. The molecule has 1 heterocycles. The van der Waals surface area contributed by atoms with Gasteiger partial charge in [-0.05, 0) is 40.7 Å². The molecule has 0 saturated carbocycles. The second-order valence-electron chi connectivity index (χ2n) is 4.77. The number of ether oxygens (including phenoxy) is 1. The van der Waals surface area contributed by atoms with Crippen molar-refractivity contribution < 1.29 is 4.74 Å². The Kier molecular flexibility index (Phi) is 3.93. The van der Waals surface area contributed by atoms with Gasteiger partial charge >= 0.3 is 0 Å². The first-order valence-corrected chi connectivity index (χ1v) is 5.56. The predicted octanol–water partition coefficient (Wildman–Crippen LogP) is 1.22. The Bertz CT molecular complexity index is 184. The molecule has 1 aliphatic heterocycles. The van der Waals surface area contributed by atoms with Crippen molar-refractivity contribution in [1.29, 1.82) is 0 Å². The highest BCUT2D eigenvalue weighted by Gasteiger charge is 2.38. The van der Waals surface area contributed by atoms with Gasteiger partial charge in [0.2, 0.25) is 0 Å². The largest absolute Gasteiger partial charge is 0.378 e. The summed E-state index contributed by atoms with van der Waals surface area (Å²) in [5.41, 5.74) is 6.10. The van der Waals surface area contributed by atoms with Crippen molar-refractivity contribution in [3.05, 3.63) is 0 Å². The first-order valence-electron chi connectivity index (χ1n) is 5.56. The highest BCUT2D eigenvalue weighted by molar-refractivity contribution is 4.95. The van der Waals surface area contributed by atoms with Gasteiger partial charge in [0.25, 0.3) is 0 Å². The van der Waals surface area contributed by atoms with E-state index in [1.807, 2.05) is 0 Å². The van der Waals surface area contributed by atoms with Crippen molar-refractivity contribution in [2.45, 2.75) is 51.3 Å². The summed E-state index contributed by atoms with van der Waals surface area (Å²) < 4.78 is 5.58. The molecule has 0 amide bonds. The Hall–Kier alpha value is -0.120. The Morgan fingerprint density at radius 3 is 2.64 bits per heavy atom. The van der Waals surface area contributed by atoms with Crippen molar-refractivity contribution in [3.63, 3.8) is 0 Å². The van der Waals surface area contributed by atoms with Gasteiger partial charge in [0.15, 0.2) is 0 Å². The van der Waals surface area contributed by atoms with Crippen molar-refractivity contribution in [1.82, 2.24) is 4.90 Å². The van der Waals surface area contributed by atoms with E-state index in [0.717, 1.165) is 26.0 Å². The zero-order chi connectivity index (χ0) is 10.8. The maximum absolute atomic E-state index is 5.94. The van der Waals surface area contributed by atoms with Crippen molar-refractivity contribution in [2.24, 2.45) is 5.73 Å². The van der Waals surface area contributed by atoms with Gasteiger partial charge in [0.1, 0.15) is 0 Å². The van der Waals surface area contributed by atoms with Crippen LogP contribution in [-0.2, 0) is 4.74 Å². The first kappa shape index (κ1) is 12.0. The summed E-state index contributed by atoms with van der Waals surface area (Å²) in [6, 6.07) is 0.545. The van der Waals surface area contributed by atoms with Crippen LogP contribution in [0.4, 0.5) is 0 Å². The fourth-order valence-corrected chi connectivity index (χ4v) is 2.34. The minimum absolute atomic E-state index is 0.159. The maximum Gasteiger partial charge on any atom is 0.0565 e. The van der Waals surface area contributed by atoms with E-state index in [0.29, 0.717) is 12.1 Å². The van der Waals surface area contributed by atoms with Crippen LogP contribution in [0.1, 0.15) is 33.6 Å². The highest BCUT2D eigenvalue weighted by atomic mass is 16.5. The molecule has 0 aromatic carbocycles. The first-order chi connectivity index (χ1) is 6.52. The number of nitrogens with two attached hydrogens (primary N) is 1. The molecule has 0 radical (unpaired) electrons. The lowest BCUT2D eigenvalue weighted by atomic mass is 9.84. The summed E-state index contributed by atoms with van der Waals surface area (Å²) in [7, 11) is 2.18. The Balaban J connectivity index is 2.73. The quantitative estimate of drug-likeness (QED) is 0.744. The van der Waals surface area contributed by atoms with E-state index in [4.69, 9.17) is 10.5 Å². The van der Waals surface area contributed by atoms with Gasteiger partial charge < -0.3 is 10.5 Å². The molecule has 0 aromatic rings. The maximum atomic E-state index is 5.94. The van der Waals surface area contributed by atoms with Gasteiger partial charge in [0, 0.05) is 24.7 Å². The van der Waals surface area contributed by atoms with Gasteiger partial charge in [-0.1, -0.05) is 0 Å². The number of hydrogen-bond donors (Lipinski definition) is 1. The van der Waals surface area contributed by atoms with E-state index >= 15 is 0 Å². The third-order valence-electron chi connectivity index (χ3n) is 3.54. The topological polar surface area (TPSA) is 38.5 Å². The summed E-state index contributed by atoms with van der Waals surface area (Å²) in [5, 5.41) is 0. The summed E-state index contributed by atoms with van der Waals surface area (Å²) >= 11 is 0. The molecule has 0 aromatic heterocycles. The zero-order valence-electron chi connectivity index (χ0n) is 9.92. The third kappa shape index (κ3) is 2.27. The number of rotatable bonds is 3. The van der Waals surface area contributed by atoms with Crippen LogP contribution in [0, 0.1) is 0 Å². The Morgan fingerprint density at radius 2 is 2.21 bits per heavy atom. The average Bonchev–Trinajstić information content (AvgIpc) is 2.16. The Labute approximate surface area is 87.6 Å². The molecule has 3 nitrogen and oxygen atoms in total. The predicted molar refractivity (Wildman–Crippen MR) is 59.3 cm³/mol. The standard InChI is InChI=1S/C11H24N2O/c1-9(2)13(4)11(8-12)5-6-14-10(3)7-11/h9-10H,5-8,12H2,1-4H3. The lowest BCUT2D eigenvalue weighted by Gasteiger charge is -2.47. The molecule has 3 heteroatoms. The van der Waals surface area contributed by atoms with Crippen LogP contribution < -0.4 is 5.73 Å². The van der Waals surface area contributed by atoms with Crippen LogP contribution in [0.5, 0.6) is 0 Å². The average molecular weight is 200 g/mol. The third-order valence-corrected chi connectivity index (χ3v) is 3.54. The summed E-state index contributed by atoms with van der Waals surface area (Å²) in [6.07, 6.45) is 2.45. The van der Waals surface area contributed by atoms with Crippen LogP contribution in [-0.4, -0.2) is 42.8 Å². The van der Waals surface area contributed by atoms with E-state index in [-0.39, 0.29) is 5.54 Å². The second kappa shape index (κ2) is 4.60. The Morgan fingerprint density at radius 1 is 1.57 bits per heavy atom. The molecular weight excluding hydrogens is 176 g/mol. The molecule has 1 rings (SSSR count). The van der Waals surface area contributed by atoms with E-state index < -0.39 is 0 Å². The minimum Gasteiger partial charge on any atom is -0.378 e. The zero-order valence-corrected chi connectivity index (χ0v) is 9.92. The van der Waals surface area contributed by atoms with E-state index in [1.165, 1.54) is 0 Å². The molecule has 1 fully saturated rings. The normalized spacial score (nSPS) is 34.1. The van der Waals surface area contributed by atoms with Gasteiger partial charge in [-0.25, -0.2) is 0 Å². The summed E-state index contributed by atoms with van der Waals surface area (Å²) in [6.45, 7) is 8.15. The molecule has 0 bridgehead atoms. The lowest BCUT2D eigenvalue weighted by molar-refractivity contribution is -0.0641. The van der Waals surface area contributed by atoms with Crippen LogP contribution in [0.2, 0.25) is 0 Å². The van der Waals surface area contributed by atoms with Gasteiger partial charge in [-0.2, -0.15) is 0 Å². The van der Waals surface area contributed by atoms with Crippen LogP contribution in [0.15, 0.2) is 0 Å². The monoisotopic (exact) mass is 200 g/mol. The minimum atomic E-state index is 0.159. The second-order valence-corrected chi connectivity index (χ2v) is 4.77. The van der Waals surface area contributed by atoms with E-state index in [1.54, 1.807) is 0 Å². The number of hydrogen-bond acceptors (Lipinski definition) is 3. The fourth-order valence-electron chi connectivity index (χ4n) is 2.34. The van der Waals surface area contributed by atoms with Crippen molar-refractivity contribution >= 4 is 0 Å². The van der Waals surface area contributed by atoms with Gasteiger partial charge in [-0.15, -0.1) is 0 Å². The van der Waals surface area contributed by atoms with Crippen molar-refractivity contribution in [3.8, 4) is 0 Å². The van der Waals surface area contributed by atoms with Crippen LogP contribution >= 0.6 is 0 Å². The summed E-state index contributed by atoms with van der Waals surface area (Å²) in [5.74, 6) is 0. The number of nitrogens with zero attached hydrogens (tertiary/aromatic N) is 1. The molecule has 14 heavy (non-hydrogen) atoms. The van der Waals surface area contributed by atoms with E-state index in [2.05, 4.69) is 32.7 Å². The molecular formula is C11H24N2O. The molecule has 0 aliphatic carbocycles.